The average molecular weight is 689 g/mol. The normalized spacial score (nSPS) is 11.8. The van der Waals surface area contributed by atoms with Gasteiger partial charge in [0.25, 0.3) is 0 Å². The molecule has 0 saturated carbocycles. The van der Waals surface area contributed by atoms with E-state index in [1.54, 1.807) is 0 Å². The molecular formula is C26H16F4N2O8S4. The van der Waals surface area contributed by atoms with Crippen molar-refractivity contribution in [3.63, 3.8) is 0 Å². The number of sulfone groups is 2. The zero-order valence-electron chi connectivity index (χ0n) is 21.6. The Hall–Kier alpha value is -4.00. The second-order valence-corrected chi connectivity index (χ2v) is 15.1. The van der Waals surface area contributed by atoms with E-state index in [1.807, 2.05) is 0 Å². The van der Waals surface area contributed by atoms with Gasteiger partial charge in [-0.05, 0) is 58.0 Å². The molecule has 4 aromatic carbocycles. The van der Waals surface area contributed by atoms with Gasteiger partial charge in [-0.15, -0.1) is 0 Å². The Balaban J connectivity index is 1.47. The third-order valence-corrected chi connectivity index (χ3v) is 11.7. The van der Waals surface area contributed by atoms with E-state index in [2.05, 4.69) is 0 Å². The Bertz CT molecular complexity index is 1880. The Morgan fingerprint density at radius 1 is 0.591 bits per heavy atom. The molecule has 44 heavy (non-hydrogen) atoms. The van der Waals surface area contributed by atoms with Crippen LogP contribution in [0.3, 0.4) is 0 Å². The number of hydrogen-bond donors (Lipinski definition) is 0. The van der Waals surface area contributed by atoms with Gasteiger partial charge in [0.05, 0.1) is 40.9 Å². The minimum Gasteiger partial charge on any atom is -0.258 e. The minimum atomic E-state index is -4.33. The number of benzene rings is 4. The first-order valence-electron chi connectivity index (χ1n) is 11.8. The lowest BCUT2D eigenvalue weighted by Gasteiger charge is -2.10. The van der Waals surface area contributed by atoms with Crippen LogP contribution in [0.2, 0.25) is 0 Å². The maximum atomic E-state index is 14.8. The van der Waals surface area contributed by atoms with Gasteiger partial charge in [0.15, 0.2) is 19.7 Å². The van der Waals surface area contributed by atoms with E-state index in [0.29, 0.717) is 33.7 Å². The van der Waals surface area contributed by atoms with Gasteiger partial charge in [-0.1, -0.05) is 24.3 Å². The highest BCUT2D eigenvalue weighted by atomic mass is 33.1. The smallest absolute Gasteiger partial charge is 0.258 e. The van der Waals surface area contributed by atoms with E-state index < -0.39 is 96.6 Å². The molecule has 4 rings (SSSR count). The van der Waals surface area contributed by atoms with Gasteiger partial charge in [-0.25, -0.2) is 25.6 Å². The molecule has 0 aliphatic carbocycles. The maximum Gasteiger partial charge on any atom is 0.305 e. The number of nitrogens with zero attached hydrogens (tertiary/aromatic N) is 2. The van der Waals surface area contributed by atoms with Gasteiger partial charge in [0.2, 0.25) is 11.6 Å². The molecule has 0 aliphatic heterocycles. The predicted octanol–water partition coefficient (Wildman–Crippen LogP) is 6.81. The molecule has 0 radical (unpaired) electrons. The van der Waals surface area contributed by atoms with Crippen molar-refractivity contribution >= 4 is 52.6 Å². The van der Waals surface area contributed by atoms with Crippen molar-refractivity contribution in [1.82, 2.24) is 0 Å². The van der Waals surface area contributed by atoms with E-state index in [0.717, 1.165) is 60.7 Å². The summed E-state index contributed by atoms with van der Waals surface area (Å²) in [4.78, 5) is 18.5. The monoisotopic (exact) mass is 688 g/mol. The van der Waals surface area contributed by atoms with Crippen LogP contribution in [-0.2, 0) is 31.2 Å². The Kier molecular flexibility index (Phi) is 9.67. The Morgan fingerprint density at radius 2 is 0.955 bits per heavy atom. The molecule has 0 N–H and O–H groups in total. The lowest BCUT2D eigenvalue weighted by atomic mass is 10.2. The number of halogens is 4. The molecule has 4 aromatic rings. The molecule has 0 aliphatic rings. The van der Waals surface area contributed by atoms with Gasteiger partial charge in [0, 0.05) is 23.3 Å². The van der Waals surface area contributed by atoms with Crippen LogP contribution < -0.4 is 0 Å². The number of rotatable bonds is 11. The quantitative estimate of drug-likeness (QED) is 0.0711. The van der Waals surface area contributed by atoms with Gasteiger partial charge in [-0.2, -0.15) is 8.78 Å². The standard InChI is InChI=1S/C26H16F4N2O8S4/c27-19-11-17(43(37,38)13-15-3-1-5-21(25(15)29)31(33)34)7-9-23(19)41-42-24-10-8-18(12-20(24)28)44(39,40)14-16-4-2-6-22(26(16)30)32(35)36/h1-12H,13-14H2. The van der Waals surface area contributed by atoms with Crippen molar-refractivity contribution in [2.24, 2.45) is 0 Å². The third-order valence-electron chi connectivity index (χ3n) is 5.95. The minimum absolute atomic E-state index is 0.132. The largest absolute Gasteiger partial charge is 0.305 e. The van der Waals surface area contributed by atoms with Gasteiger partial charge in [0.1, 0.15) is 11.6 Å². The van der Waals surface area contributed by atoms with Crippen LogP contribution in [0.25, 0.3) is 0 Å². The first-order chi connectivity index (χ1) is 20.6. The summed E-state index contributed by atoms with van der Waals surface area (Å²) >= 11 is 0. The summed E-state index contributed by atoms with van der Waals surface area (Å²) in [6.45, 7) is 0. The molecule has 0 unspecified atom stereocenters. The first kappa shape index (κ1) is 32.9. The molecule has 0 atom stereocenters. The summed E-state index contributed by atoms with van der Waals surface area (Å²) in [5.74, 6) is -6.67. The van der Waals surface area contributed by atoms with Crippen molar-refractivity contribution in [3.05, 3.63) is 127 Å². The number of nitro benzene ring substituents is 2. The summed E-state index contributed by atoms with van der Waals surface area (Å²) in [6.07, 6.45) is 0. The van der Waals surface area contributed by atoms with Crippen LogP contribution in [0.15, 0.2) is 92.4 Å². The lowest BCUT2D eigenvalue weighted by molar-refractivity contribution is -0.387. The lowest BCUT2D eigenvalue weighted by Crippen LogP contribution is -2.08. The number of nitro groups is 2. The highest BCUT2D eigenvalue weighted by Crippen LogP contribution is 2.41. The summed E-state index contributed by atoms with van der Waals surface area (Å²) < 4.78 is 109. The molecule has 0 heterocycles. The first-order valence-corrected chi connectivity index (χ1v) is 17.3. The molecule has 0 fully saturated rings. The SMILES string of the molecule is O=[N+]([O-])c1cccc(CS(=O)(=O)c2ccc(SSc3ccc(S(=O)(=O)Cc4cccc([N+](=O)[O-])c4F)cc3F)c(F)c2)c1F. The molecule has 0 bridgehead atoms. The number of hydrogen-bond acceptors (Lipinski definition) is 10. The summed E-state index contributed by atoms with van der Waals surface area (Å²) in [6, 6.07) is 11.6. The topological polar surface area (TPSA) is 155 Å². The third kappa shape index (κ3) is 7.20. The van der Waals surface area contributed by atoms with E-state index in [4.69, 9.17) is 0 Å². The molecular weight excluding hydrogens is 673 g/mol. The maximum absolute atomic E-state index is 14.8. The molecule has 0 saturated heterocycles. The van der Waals surface area contributed by atoms with E-state index in [-0.39, 0.29) is 9.79 Å². The van der Waals surface area contributed by atoms with E-state index in [9.17, 15) is 54.6 Å². The van der Waals surface area contributed by atoms with Gasteiger partial charge in [-0.3, -0.25) is 20.2 Å². The second kappa shape index (κ2) is 12.9. The molecule has 0 aromatic heterocycles. The van der Waals surface area contributed by atoms with Crippen molar-refractivity contribution in [3.8, 4) is 0 Å². The van der Waals surface area contributed by atoms with Crippen LogP contribution in [-0.4, -0.2) is 26.7 Å². The summed E-state index contributed by atoms with van der Waals surface area (Å²) in [5.41, 5.74) is -2.79. The van der Waals surface area contributed by atoms with Crippen LogP contribution >= 0.6 is 21.6 Å². The van der Waals surface area contributed by atoms with Crippen molar-refractivity contribution in [1.29, 1.82) is 0 Å². The Labute approximate surface area is 254 Å². The molecule has 18 heteroatoms. The van der Waals surface area contributed by atoms with E-state index in [1.165, 1.54) is 0 Å². The highest BCUT2D eigenvalue weighted by molar-refractivity contribution is 8.76. The van der Waals surface area contributed by atoms with Crippen molar-refractivity contribution in [2.75, 3.05) is 0 Å². The van der Waals surface area contributed by atoms with Crippen LogP contribution in [0.4, 0.5) is 28.9 Å². The molecule has 230 valence electrons. The Morgan fingerprint density at radius 3 is 1.27 bits per heavy atom. The summed E-state index contributed by atoms with van der Waals surface area (Å²) in [7, 11) is -7.32. The molecule has 10 nitrogen and oxygen atoms in total. The second-order valence-electron chi connectivity index (χ2n) is 8.88. The predicted molar refractivity (Wildman–Crippen MR) is 152 cm³/mol. The molecule has 0 spiro atoms. The van der Waals surface area contributed by atoms with Crippen LogP contribution in [0, 0.1) is 43.5 Å². The fraction of sp³-hybridized carbons (Fsp3) is 0.0769. The fourth-order valence-corrected chi connectivity index (χ4v) is 8.56. The fourth-order valence-electron chi connectivity index (χ4n) is 3.79. The zero-order valence-corrected chi connectivity index (χ0v) is 24.9. The van der Waals surface area contributed by atoms with E-state index >= 15 is 0 Å². The average Bonchev–Trinajstić information content (AvgIpc) is 2.94. The summed E-state index contributed by atoms with van der Waals surface area (Å²) in [5, 5.41) is 21.9. The van der Waals surface area contributed by atoms with Crippen molar-refractivity contribution in [2.45, 2.75) is 31.1 Å². The highest BCUT2D eigenvalue weighted by Gasteiger charge is 2.26. The van der Waals surface area contributed by atoms with Crippen molar-refractivity contribution < 1.29 is 44.2 Å². The van der Waals surface area contributed by atoms with Crippen LogP contribution in [0.1, 0.15) is 11.1 Å². The van der Waals surface area contributed by atoms with Crippen LogP contribution in [0.5, 0.6) is 0 Å². The molecule has 0 amide bonds. The van der Waals surface area contributed by atoms with Gasteiger partial charge >= 0.3 is 11.4 Å². The van der Waals surface area contributed by atoms with Gasteiger partial charge < -0.3 is 0 Å². The zero-order chi connectivity index (χ0) is 32.4.